The molecule has 0 saturated carbocycles. The lowest BCUT2D eigenvalue weighted by Crippen LogP contribution is -2.30. The number of nitrogens with zero attached hydrogens (tertiary/aromatic N) is 3. The SMILES string of the molecule is CN(CCc1ccncc1)C(=O)CCn1c(=O)oc2ccccc21. The van der Waals surface area contributed by atoms with Gasteiger partial charge in [-0.05, 0) is 36.2 Å². The molecule has 0 aliphatic carbocycles. The van der Waals surface area contributed by atoms with Gasteiger partial charge in [-0.3, -0.25) is 14.3 Å². The molecule has 0 unspecified atom stereocenters. The standard InChI is InChI=1S/C18H19N3O3/c1-20(12-8-14-6-10-19-11-7-14)17(22)9-13-21-15-4-2-3-5-16(15)24-18(21)23/h2-7,10-11H,8-9,12-13H2,1H3. The maximum Gasteiger partial charge on any atom is 0.419 e. The average Bonchev–Trinajstić information content (AvgIpc) is 2.93. The van der Waals surface area contributed by atoms with E-state index < -0.39 is 5.76 Å². The van der Waals surface area contributed by atoms with Gasteiger partial charge in [-0.25, -0.2) is 4.79 Å². The minimum atomic E-state index is -0.427. The van der Waals surface area contributed by atoms with Gasteiger partial charge in [0.05, 0.1) is 5.52 Å². The normalized spacial score (nSPS) is 10.9. The molecule has 0 aliphatic heterocycles. The molecule has 0 spiro atoms. The summed E-state index contributed by atoms with van der Waals surface area (Å²) in [5.74, 6) is -0.426. The molecule has 124 valence electrons. The highest BCUT2D eigenvalue weighted by atomic mass is 16.4. The predicted molar refractivity (Wildman–Crippen MR) is 90.7 cm³/mol. The Balaban J connectivity index is 1.58. The third-order valence-corrected chi connectivity index (χ3v) is 4.03. The number of pyridine rings is 1. The lowest BCUT2D eigenvalue weighted by atomic mass is 10.2. The van der Waals surface area contributed by atoms with Crippen molar-refractivity contribution in [1.29, 1.82) is 0 Å². The molecule has 0 N–H and O–H groups in total. The molecule has 6 nitrogen and oxygen atoms in total. The number of aromatic nitrogens is 2. The van der Waals surface area contributed by atoms with Crippen LogP contribution in [0.15, 0.2) is 58.0 Å². The number of carbonyl (C=O) groups is 1. The van der Waals surface area contributed by atoms with Gasteiger partial charge in [-0.2, -0.15) is 0 Å². The molecule has 0 aliphatic rings. The first kappa shape index (κ1) is 16.0. The number of para-hydroxylation sites is 2. The number of hydrogen-bond acceptors (Lipinski definition) is 4. The number of oxazole rings is 1. The van der Waals surface area contributed by atoms with Crippen LogP contribution in [0.1, 0.15) is 12.0 Å². The van der Waals surface area contributed by atoms with E-state index in [0.29, 0.717) is 18.7 Å². The first-order valence-corrected chi connectivity index (χ1v) is 7.86. The maximum absolute atomic E-state index is 12.3. The molecule has 0 fully saturated rings. The summed E-state index contributed by atoms with van der Waals surface area (Å²) >= 11 is 0. The Morgan fingerprint density at radius 1 is 1.21 bits per heavy atom. The third-order valence-electron chi connectivity index (χ3n) is 4.03. The average molecular weight is 325 g/mol. The van der Waals surface area contributed by atoms with Gasteiger partial charge >= 0.3 is 5.76 Å². The Morgan fingerprint density at radius 3 is 2.75 bits per heavy atom. The summed E-state index contributed by atoms with van der Waals surface area (Å²) in [4.78, 5) is 29.8. The number of aryl methyl sites for hydroxylation is 1. The van der Waals surface area contributed by atoms with E-state index in [2.05, 4.69) is 4.98 Å². The van der Waals surface area contributed by atoms with Crippen LogP contribution >= 0.6 is 0 Å². The fourth-order valence-corrected chi connectivity index (χ4v) is 2.59. The first-order valence-electron chi connectivity index (χ1n) is 7.86. The zero-order valence-corrected chi connectivity index (χ0v) is 13.5. The van der Waals surface area contributed by atoms with Crippen LogP contribution in [0.5, 0.6) is 0 Å². The van der Waals surface area contributed by atoms with Crippen molar-refractivity contribution in [3.63, 3.8) is 0 Å². The molecule has 1 amide bonds. The molecule has 3 rings (SSSR count). The Bertz CT molecular complexity index is 883. The van der Waals surface area contributed by atoms with Gasteiger partial charge in [0.15, 0.2) is 5.58 Å². The van der Waals surface area contributed by atoms with E-state index in [0.717, 1.165) is 17.5 Å². The zero-order chi connectivity index (χ0) is 16.9. The van der Waals surface area contributed by atoms with Gasteiger partial charge in [0, 0.05) is 39.0 Å². The Hall–Kier alpha value is -2.89. The van der Waals surface area contributed by atoms with Crippen molar-refractivity contribution >= 4 is 17.0 Å². The monoisotopic (exact) mass is 325 g/mol. The molecule has 0 bridgehead atoms. The summed E-state index contributed by atoms with van der Waals surface area (Å²) in [5.41, 5.74) is 2.40. The molecule has 2 heterocycles. The van der Waals surface area contributed by atoms with Crippen molar-refractivity contribution in [1.82, 2.24) is 14.5 Å². The fourth-order valence-electron chi connectivity index (χ4n) is 2.59. The molecule has 0 radical (unpaired) electrons. The number of hydrogen-bond donors (Lipinski definition) is 0. The topological polar surface area (TPSA) is 68.3 Å². The van der Waals surface area contributed by atoms with Crippen LogP contribution in [0.2, 0.25) is 0 Å². The summed E-state index contributed by atoms with van der Waals surface area (Å²) in [6.07, 6.45) is 4.52. The van der Waals surface area contributed by atoms with E-state index in [9.17, 15) is 9.59 Å². The highest BCUT2D eigenvalue weighted by Gasteiger charge is 2.13. The first-order chi connectivity index (χ1) is 11.6. The molecule has 0 atom stereocenters. The molecule has 24 heavy (non-hydrogen) atoms. The fraction of sp³-hybridized carbons (Fsp3) is 0.278. The lowest BCUT2D eigenvalue weighted by Gasteiger charge is -2.17. The molecule has 2 aromatic heterocycles. The second kappa shape index (κ2) is 7.12. The van der Waals surface area contributed by atoms with Crippen LogP contribution in [0.25, 0.3) is 11.1 Å². The third kappa shape index (κ3) is 3.53. The molecule has 6 heteroatoms. The van der Waals surface area contributed by atoms with E-state index in [1.54, 1.807) is 30.4 Å². The summed E-state index contributed by atoms with van der Waals surface area (Å²) in [5, 5.41) is 0. The van der Waals surface area contributed by atoms with Crippen molar-refractivity contribution in [2.45, 2.75) is 19.4 Å². The summed E-state index contributed by atoms with van der Waals surface area (Å²) in [6.45, 7) is 0.943. The van der Waals surface area contributed by atoms with Crippen LogP contribution in [-0.2, 0) is 17.8 Å². The minimum Gasteiger partial charge on any atom is -0.408 e. The number of rotatable bonds is 6. The van der Waals surface area contributed by atoms with Gasteiger partial charge in [-0.1, -0.05) is 12.1 Å². The molecular weight excluding hydrogens is 306 g/mol. The van der Waals surface area contributed by atoms with Crippen molar-refractivity contribution in [2.24, 2.45) is 0 Å². The van der Waals surface area contributed by atoms with Crippen LogP contribution in [0, 0.1) is 0 Å². The Labute approximate surface area is 139 Å². The maximum atomic E-state index is 12.3. The lowest BCUT2D eigenvalue weighted by molar-refractivity contribution is -0.130. The number of benzene rings is 1. The number of amides is 1. The highest BCUT2D eigenvalue weighted by Crippen LogP contribution is 2.12. The van der Waals surface area contributed by atoms with Crippen molar-refractivity contribution in [3.8, 4) is 0 Å². The zero-order valence-electron chi connectivity index (χ0n) is 13.5. The second-order valence-corrected chi connectivity index (χ2v) is 5.66. The van der Waals surface area contributed by atoms with E-state index in [4.69, 9.17) is 4.42 Å². The van der Waals surface area contributed by atoms with Crippen molar-refractivity contribution in [2.75, 3.05) is 13.6 Å². The summed E-state index contributed by atoms with van der Waals surface area (Å²) < 4.78 is 6.68. The predicted octanol–water partition coefficient (Wildman–Crippen LogP) is 2.08. The number of fused-ring (bicyclic) bond motifs is 1. The summed E-state index contributed by atoms with van der Waals surface area (Å²) in [6, 6.07) is 11.1. The molecule has 3 aromatic rings. The van der Waals surface area contributed by atoms with Gasteiger partial charge in [0.1, 0.15) is 0 Å². The number of carbonyl (C=O) groups excluding carboxylic acids is 1. The molecule has 1 aromatic carbocycles. The van der Waals surface area contributed by atoms with Gasteiger partial charge in [-0.15, -0.1) is 0 Å². The minimum absolute atomic E-state index is 0.00115. The largest absolute Gasteiger partial charge is 0.419 e. The van der Waals surface area contributed by atoms with E-state index in [1.165, 1.54) is 4.57 Å². The highest BCUT2D eigenvalue weighted by molar-refractivity contribution is 5.76. The second-order valence-electron chi connectivity index (χ2n) is 5.66. The van der Waals surface area contributed by atoms with E-state index in [1.807, 2.05) is 30.3 Å². The number of likely N-dealkylation sites (N-methyl/N-ethyl adjacent to an activating group) is 1. The van der Waals surface area contributed by atoms with Crippen molar-refractivity contribution in [3.05, 3.63) is 64.9 Å². The molecule has 0 saturated heterocycles. The van der Waals surface area contributed by atoms with Gasteiger partial charge < -0.3 is 9.32 Å². The van der Waals surface area contributed by atoms with Crippen LogP contribution in [0.4, 0.5) is 0 Å². The molecular formula is C18H19N3O3. The van der Waals surface area contributed by atoms with Gasteiger partial charge in [0.2, 0.25) is 5.91 Å². The Kier molecular flexibility index (Phi) is 4.74. The van der Waals surface area contributed by atoms with Crippen LogP contribution in [0.3, 0.4) is 0 Å². The quantitative estimate of drug-likeness (QED) is 0.696. The van der Waals surface area contributed by atoms with E-state index >= 15 is 0 Å². The van der Waals surface area contributed by atoms with Crippen molar-refractivity contribution < 1.29 is 9.21 Å². The summed E-state index contributed by atoms with van der Waals surface area (Å²) in [7, 11) is 1.78. The Morgan fingerprint density at radius 2 is 1.96 bits per heavy atom. The van der Waals surface area contributed by atoms with Gasteiger partial charge in [0.25, 0.3) is 0 Å². The smallest absolute Gasteiger partial charge is 0.408 e. The van der Waals surface area contributed by atoms with Crippen LogP contribution in [-0.4, -0.2) is 34.0 Å². The van der Waals surface area contributed by atoms with Crippen LogP contribution < -0.4 is 5.76 Å². The van der Waals surface area contributed by atoms with E-state index in [-0.39, 0.29) is 12.3 Å².